The third-order valence-corrected chi connectivity index (χ3v) is 4.77. The van der Waals surface area contributed by atoms with Crippen molar-refractivity contribution in [3.05, 3.63) is 76.7 Å². The molecule has 31 heavy (non-hydrogen) atoms. The zero-order chi connectivity index (χ0) is 21.9. The number of hydrogen-bond acceptors (Lipinski definition) is 8. The maximum absolute atomic E-state index is 12.2. The molecule has 4 rings (SSSR count). The molecule has 9 heteroatoms. The molecule has 0 saturated carbocycles. The van der Waals surface area contributed by atoms with Crippen molar-refractivity contribution in [1.29, 1.82) is 0 Å². The molecule has 2 aromatic carbocycles. The summed E-state index contributed by atoms with van der Waals surface area (Å²) < 4.78 is 11.6. The molecule has 2 aliphatic heterocycles. The molecule has 0 amide bonds. The molecule has 0 radical (unpaired) electrons. The summed E-state index contributed by atoms with van der Waals surface area (Å²) in [6, 6.07) is 19.7. The lowest BCUT2D eigenvalue weighted by molar-refractivity contribution is -1.04. The first-order valence-corrected chi connectivity index (χ1v) is 10.5. The maximum Gasteiger partial charge on any atom is 0.519 e. The molecule has 9 nitrogen and oxygen atoms in total. The van der Waals surface area contributed by atoms with Crippen LogP contribution in [0.25, 0.3) is 0 Å². The number of morpholine rings is 2. The summed E-state index contributed by atoms with van der Waals surface area (Å²) >= 11 is 0. The van der Waals surface area contributed by atoms with Gasteiger partial charge in [0.1, 0.15) is 4.91 Å². The fourth-order valence-corrected chi connectivity index (χ4v) is 3.34. The Kier molecular flexibility index (Phi) is 9.19. The smallest absolute Gasteiger partial charge is 0.397 e. The molecule has 1 N–H and O–H groups in total. The van der Waals surface area contributed by atoms with E-state index in [0.717, 1.165) is 11.1 Å². The Balaban J connectivity index is 0.000000858. The quantitative estimate of drug-likeness (QED) is 0.698. The number of aliphatic hydroxyl groups is 1. The molecule has 2 aromatic rings. The Morgan fingerprint density at radius 3 is 1.65 bits per heavy atom. The topological polar surface area (TPSA) is 83.7 Å². The monoisotopic (exact) mass is 432 g/mol. The van der Waals surface area contributed by atoms with Crippen LogP contribution in [0.5, 0.6) is 0 Å². The van der Waals surface area contributed by atoms with Gasteiger partial charge in [0.05, 0.1) is 51.6 Å². The first-order valence-electron chi connectivity index (χ1n) is 10.5. The van der Waals surface area contributed by atoms with E-state index in [-0.39, 0.29) is 23.9 Å². The first kappa shape index (κ1) is 23.1. The molecule has 2 atom stereocenters. The van der Waals surface area contributed by atoms with Gasteiger partial charge in [0.25, 0.3) is 0 Å². The molecule has 2 aliphatic rings. The standard InChI is InChI=1S/C20H24N3O5.C2H6O/c24-23(27-21-11-13-25-19(15-21)17-7-3-1-4-8-17)28-22-12-14-26-20(16-22)18-9-5-2-6-10-18;1-2-3/h1-10,19-20H,11-16H2;3H,2H2,1H3/q+1;. The van der Waals surface area contributed by atoms with E-state index in [1.807, 2.05) is 60.7 Å². The van der Waals surface area contributed by atoms with Gasteiger partial charge in [-0.05, 0) is 18.1 Å². The number of hydrogen-bond donors (Lipinski definition) is 1. The second-order valence-corrected chi connectivity index (χ2v) is 7.02. The van der Waals surface area contributed by atoms with E-state index in [1.165, 1.54) is 0 Å². The third kappa shape index (κ3) is 7.27. The van der Waals surface area contributed by atoms with E-state index < -0.39 is 0 Å². The molecule has 2 unspecified atom stereocenters. The lowest BCUT2D eigenvalue weighted by Gasteiger charge is -2.29. The Morgan fingerprint density at radius 2 is 1.26 bits per heavy atom. The van der Waals surface area contributed by atoms with Crippen molar-refractivity contribution in [2.24, 2.45) is 0 Å². The summed E-state index contributed by atoms with van der Waals surface area (Å²) in [5.41, 5.74) is 2.10. The predicted molar refractivity (Wildman–Crippen MR) is 112 cm³/mol. The Labute approximate surface area is 182 Å². The second-order valence-electron chi connectivity index (χ2n) is 7.02. The molecule has 0 aliphatic carbocycles. The van der Waals surface area contributed by atoms with Gasteiger partial charge in [-0.3, -0.25) is 0 Å². The fraction of sp³-hybridized carbons (Fsp3) is 0.455. The van der Waals surface area contributed by atoms with Crippen LogP contribution in [0.15, 0.2) is 60.7 Å². The van der Waals surface area contributed by atoms with E-state index in [0.29, 0.717) is 39.4 Å². The van der Waals surface area contributed by atoms with Crippen LogP contribution in [-0.4, -0.2) is 66.3 Å². The number of rotatable bonds is 6. The van der Waals surface area contributed by atoms with Crippen LogP contribution in [0.1, 0.15) is 30.3 Å². The molecule has 0 aromatic heterocycles. The van der Waals surface area contributed by atoms with Crippen molar-refractivity contribution in [3.8, 4) is 0 Å². The number of ether oxygens (including phenoxy) is 2. The van der Waals surface area contributed by atoms with E-state index in [2.05, 4.69) is 0 Å². The molecular weight excluding hydrogens is 402 g/mol. The number of benzene rings is 2. The highest BCUT2D eigenvalue weighted by molar-refractivity contribution is 5.19. The van der Waals surface area contributed by atoms with Gasteiger partial charge in [0.15, 0.2) is 0 Å². The van der Waals surface area contributed by atoms with Gasteiger partial charge >= 0.3 is 5.09 Å². The van der Waals surface area contributed by atoms with Crippen molar-refractivity contribution in [1.82, 2.24) is 10.1 Å². The summed E-state index contributed by atoms with van der Waals surface area (Å²) in [5, 5.41) is 10.8. The van der Waals surface area contributed by atoms with Crippen LogP contribution in [0, 0.1) is 4.91 Å². The highest BCUT2D eigenvalue weighted by Gasteiger charge is 2.33. The lowest BCUT2D eigenvalue weighted by Crippen LogP contribution is -2.44. The zero-order valence-electron chi connectivity index (χ0n) is 17.7. The minimum absolute atomic E-state index is 0.144. The third-order valence-electron chi connectivity index (χ3n) is 4.77. The average Bonchev–Trinajstić information content (AvgIpc) is 2.81. The van der Waals surface area contributed by atoms with Gasteiger partial charge in [-0.2, -0.15) is 0 Å². The second kappa shape index (κ2) is 12.3. The fourth-order valence-electron chi connectivity index (χ4n) is 3.34. The summed E-state index contributed by atoms with van der Waals surface area (Å²) in [6.45, 7) is 4.74. The molecular formula is C22H30N3O6+. The Morgan fingerprint density at radius 1 is 0.871 bits per heavy atom. The van der Waals surface area contributed by atoms with Crippen LogP contribution in [0.4, 0.5) is 0 Å². The summed E-state index contributed by atoms with van der Waals surface area (Å²) in [6.07, 6.45) is -0.289. The molecule has 2 saturated heterocycles. The van der Waals surface area contributed by atoms with Crippen LogP contribution in [-0.2, 0) is 19.4 Å². The minimum Gasteiger partial charge on any atom is -0.397 e. The molecule has 2 fully saturated rings. The molecule has 0 bridgehead atoms. The van der Waals surface area contributed by atoms with Crippen molar-refractivity contribution in [2.75, 3.05) is 46.0 Å². The van der Waals surface area contributed by atoms with Crippen LogP contribution >= 0.6 is 0 Å². The van der Waals surface area contributed by atoms with E-state index in [9.17, 15) is 4.91 Å². The van der Waals surface area contributed by atoms with Crippen molar-refractivity contribution in [2.45, 2.75) is 19.1 Å². The normalized spacial score (nSPS) is 22.1. The van der Waals surface area contributed by atoms with Gasteiger partial charge in [-0.1, -0.05) is 80.7 Å². The summed E-state index contributed by atoms with van der Waals surface area (Å²) in [4.78, 5) is 22.8. The highest BCUT2D eigenvalue weighted by atomic mass is 17.1. The van der Waals surface area contributed by atoms with E-state index in [1.54, 1.807) is 17.1 Å². The lowest BCUT2D eigenvalue weighted by atomic mass is 10.1. The summed E-state index contributed by atoms with van der Waals surface area (Å²) in [5.74, 6) is 0. The molecule has 168 valence electrons. The van der Waals surface area contributed by atoms with Gasteiger partial charge < -0.3 is 14.6 Å². The number of aliphatic hydroxyl groups excluding tert-OH is 1. The van der Waals surface area contributed by atoms with E-state index >= 15 is 0 Å². The van der Waals surface area contributed by atoms with Gasteiger partial charge in [0, 0.05) is 6.61 Å². The first-order chi connectivity index (χ1) is 15.2. The average molecular weight is 432 g/mol. The van der Waals surface area contributed by atoms with Crippen molar-refractivity contribution < 1.29 is 29.5 Å². The maximum atomic E-state index is 12.2. The molecule has 0 spiro atoms. The Hall–Kier alpha value is -2.56. The van der Waals surface area contributed by atoms with E-state index in [4.69, 9.17) is 24.5 Å². The minimum atomic E-state index is -0.144. The largest absolute Gasteiger partial charge is 0.519 e. The van der Waals surface area contributed by atoms with Gasteiger partial charge in [-0.15, -0.1) is 0 Å². The van der Waals surface area contributed by atoms with Crippen LogP contribution in [0.2, 0.25) is 0 Å². The Bertz CT molecular complexity index is 716. The number of hydroxylamine groups is 4. The highest BCUT2D eigenvalue weighted by Crippen LogP contribution is 2.23. The zero-order valence-corrected chi connectivity index (χ0v) is 17.7. The summed E-state index contributed by atoms with van der Waals surface area (Å²) in [7, 11) is 0. The number of nitrogens with zero attached hydrogens (tertiary/aromatic N) is 3. The van der Waals surface area contributed by atoms with Gasteiger partial charge in [0.2, 0.25) is 0 Å². The van der Waals surface area contributed by atoms with Crippen molar-refractivity contribution >= 4 is 0 Å². The predicted octanol–water partition coefficient (Wildman–Crippen LogP) is 2.60. The van der Waals surface area contributed by atoms with Crippen LogP contribution < -0.4 is 0 Å². The SMILES string of the molecule is CCO.O=[N+](ON1CCOC(c2ccccc2)C1)ON1CCOC(c2ccccc2)C1. The van der Waals surface area contributed by atoms with Gasteiger partial charge in [-0.25, -0.2) is 0 Å². The van der Waals surface area contributed by atoms with Crippen LogP contribution in [0.3, 0.4) is 0 Å². The molecule has 2 heterocycles. The van der Waals surface area contributed by atoms with Crippen molar-refractivity contribution in [3.63, 3.8) is 0 Å².